The van der Waals surface area contributed by atoms with Crippen LogP contribution in [0, 0.1) is 0 Å². The maximum absolute atomic E-state index is 6.50. The zero-order valence-electron chi connectivity index (χ0n) is 16.4. The summed E-state index contributed by atoms with van der Waals surface area (Å²) in [5.41, 5.74) is 1.44. The predicted molar refractivity (Wildman–Crippen MR) is 112 cm³/mol. The zero-order valence-corrected chi connectivity index (χ0v) is 17.3. The number of ether oxygens (including phenoxy) is 2. The highest BCUT2D eigenvalue weighted by Crippen LogP contribution is 2.47. The molecule has 1 atom stereocenters. The number of allylic oxidation sites excluding steroid dienone is 1. The number of thiophene rings is 1. The van der Waals surface area contributed by atoms with Gasteiger partial charge in [-0.25, -0.2) is 9.97 Å². The van der Waals surface area contributed by atoms with Gasteiger partial charge in [0, 0.05) is 24.0 Å². The molecule has 3 aliphatic rings. The smallest absolute Gasteiger partial charge is 0.225 e. The van der Waals surface area contributed by atoms with E-state index in [9.17, 15) is 0 Å². The lowest BCUT2D eigenvalue weighted by Gasteiger charge is -2.38. The summed E-state index contributed by atoms with van der Waals surface area (Å²) in [4.78, 5) is 14.3. The second kappa shape index (κ2) is 8.09. The molecule has 1 aliphatic heterocycles. The van der Waals surface area contributed by atoms with Crippen LogP contribution >= 0.6 is 11.3 Å². The van der Waals surface area contributed by atoms with E-state index in [2.05, 4.69) is 21.4 Å². The Hall–Kier alpha value is -1.50. The second-order valence-corrected chi connectivity index (χ2v) is 9.34. The van der Waals surface area contributed by atoms with Gasteiger partial charge in [0.25, 0.3) is 0 Å². The number of aryl methyl sites for hydroxylation is 1. The van der Waals surface area contributed by atoms with Crippen LogP contribution in [0.4, 0.5) is 0 Å². The van der Waals surface area contributed by atoms with Crippen molar-refractivity contribution >= 4 is 21.6 Å². The Labute approximate surface area is 170 Å². The lowest BCUT2D eigenvalue weighted by atomic mass is 9.91. The van der Waals surface area contributed by atoms with Gasteiger partial charge in [0.2, 0.25) is 5.88 Å². The van der Waals surface area contributed by atoms with Crippen molar-refractivity contribution in [2.24, 2.45) is 0 Å². The van der Waals surface area contributed by atoms with Gasteiger partial charge in [0.1, 0.15) is 17.3 Å². The molecule has 2 aromatic heterocycles. The van der Waals surface area contributed by atoms with Crippen LogP contribution in [0.1, 0.15) is 54.9 Å². The summed E-state index contributed by atoms with van der Waals surface area (Å²) in [6, 6.07) is 0.691. The number of fused-ring (bicyclic) bond motifs is 3. The molecule has 0 aromatic carbocycles. The maximum atomic E-state index is 6.50. The Balaban J connectivity index is 1.31. The van der Waals surface area contributed by atoms with Crippen molar-refractivity contribution in [1.82, 2.24) is 14.9 Å². The van der Waals surface area contributed by atoms with Crippen LogP contribution in [0.5, 0.6) is 5.88 Å². The van der Waals surface area contributed by atoms with Gasteiger partial charge in [-0.15, -0.1) is 17.9 Å². The summed E-state index contributed by atoms with van der Waals surface area (Å²) in [5.74, 6) is 1.36. The van der Waals surface area contributed by atoms with Crippen LogP contribution in [-0.4, -0.2) is 53.3 Å². The summed E-state index contributed by atoms with van der Waals surface area (Å²) in [6.45, 7) is 7.87. The van der Waals surface area contributed by atoms with Crippen molar-refractivity contribution < 1.29 is 9.47 Å². The number of hydrogen-bond donors (Lipinski definition) is 0. The van der Waals surface area contributed by atoms with Gasteiger partial charge in [0.05, 0.1) is 18.6 Å². The van der Waals surface area contributed by atoms with Gasteiger partial charge in [0.15, 0.2) is 0 Å². The predicted octanol–water partition coefficient (Wildman–Crippen LogP) is 4.32. The highest BCUT2D eigenvalue weighted by molar-refractivity contribution is 7.19. The minimum absolute atomic E-state index is 0.269. The van der Waals surface area contributed by atoms with Crippen LogP contribution in [0.15, 0.2) is 19.0 Å². The lowest BCUT2D eigenvalue weighted by Crippen LogP contribution is -2.46. The number of nitrogens with zero attached hydrogens (tertiary/aromatic N) is 3. The van der Waals surface area contributed by atoms with Crippen LogP contribution in [-0.2, 0) is 11.2 Å². The van der Waals surface area contributed by atoms with Gasteiger partial charge >= 0.3 is 0 Å². The molecule has 28 heavy (non-hydrogen) atoms. The first kappa shape index (κ1) is 18.5. The van der Waals surface area contributed by atoms with Crippen molar-refractivity contribution in [3.05, 3.63) is 29.4 Å². The van der Waals surface area contributed by atoms with Crippen molar-refractivity contribution in [2.45, 2.75) is 63.0 Å². The Kier molecular flexibility index (Phi) is 5.35. The summed E-state index contributed by atoms with van der Waals surface area (Å²) in [7, 11) is 0. The average Bonchev–Trinajstić information content (AvgIpc) is 3.30. The van der Waals surface area contributed by atoms with Gasteiger partial charge < -0.3 is 9.47 Å². The van der Waals surface area contributed by atoms with E-state index in [1.165, 1.54) is 35.1 Å². The van der Waals surface area contributed by atoms with Crippen LogP contribution in [0.25, 0.3) is 10.2 Å². The molecule has 2 aliphatic carbocycles. The van der Waals surface area contributed by atoms with E-state index >= 15 is 0 Å². The maximum Gasteiger partial charge on any atom is 0.225 e. The van der Waals surface area contributed by atoms with E-state index in [0.29, 0.717) is 12.0 Å². The fourth-order valence-electron chi connectivity index (χ4n) is 5.20. The van der Waals surface area contributed by atoms with Crippen LogP contribution in [0.2, 0.25) is 0 Å². The van der Waals surface area contributed by atoms with E-state index in [1.54, 1.807) is 6.33 Å². The molecule has 5 rings (SSSR count). The van der Waals surface area contributed by atoms with E-state index in [4.69, 9.17) is 9.47 Å². The number of hydrogen-bond acceptors (Lipinski definition) is 6. The third-order valence-electron chi connectivity index (χ3n) is 6.63. The zero-order chi connectivity index (χ0) is 18.9. The molecule has 1 saturated carbocycles. The second-order valence-electron chi connectivity index (χ2n) is 8.25. The highest BCUT2D eigenvalue weighted by Gasteiger charge is 2.31. The van der Waals surface area contributed by atoms with E-state index in [-0.39, 0.29) is 6.10 Å². The Morgan fingerprint density at radius 1 is 1.18 bits per heavy atom. The standard InChI is InChI=1S/C22H29N3O2S/c1-2-3-15-4-9-18-19(15)20-21(23-14-24-22(20)28-18)27-17-7-5-16(6-8-17)25-10-12-26-13-11-25/h2,14-17H,1,3-13H2. The quantitative estimate of drug-likeness (QED) is 0.701. The summed E-state index contributed by atoms with van der Waals surface area (Å²) in [5, 5.41) is 1.18. The lowest BCUT2D eigenvalue weighted by molar-refractivity contribution is -0.00126. The van der Waals surface area contributed by atoms with E-state index < -0.39 is 0 Å². The van der Waals surface area contributed by atoms with Gasteiger partial charge in [-0.1, -0.05) is 6.08 Å². The number of rotatable bonds is 5. The Morgan fingerprint density at radius 3 is 2.79 bits per heavy atom. The van der Waals surface area contributed by atoms with Crippen molar-refractivity contribution in [2.75, 3.05) is 26.3 Å². The minimum Gasteiger partial charge on any atom is -0.474 e. The van der Waals surface area contributed by atoms with Crippen molar-refractivity contribution in [3.8, 4) is 5.88 Å². The first-order valence-electron chi connectivity index (χ1n) is 10.7. The summed E-state index contributed by atoms with van der Waals surface area (Å²) >= 11 is 1.83. The fourth-order valence-corrected chi connectivity index (χ4v) is 6.43. The van der Waals surface area contributed by atoms with Gasteiger partial charge in [-0.05, 0) is 56.4 Å². The molecule has 0 N–H and O–H groups in total. The molecule has 2 aromatic rings. The first-order chi connectivity index (χ1) is 13.8. The molecule has 0 bridgehead atoms. The third-order valence-corrected chi connectivity index (χ3v) is 7.80. The molecule has 0 radical (unpaired) electrons. The SMILES string of the molecule is C=CCC1CCc2sc3ncnc(OC4CCC(N5CCOCC5)CC4)c3c21. The minimum atomic E-state index is 0.269. The highest BCUT2D eigenvalue weighted by atomic mass is 32.1. The molecular formula is C22H29N3O2S. The number of aromatic nitrogens is 2. The van der Waals surface area contributed by atoms with E-state index in [1.807, 2.05) is 17.4 Å². The average molecular weight is 400 g/mol. The van der Waals surface area contributed by atoms with E-state index in [0.717, 1.165) is 62.7 Å². The normalized spacial score (nSPS) is 28.4. The third kappa shape index (κ3) is 3.46. The van der Waals surface area contributed by atoms with Crippen molar-refractivity contribution in [3.63, 3.8) is 0 Å². The Bertz CT molecular complexity index is 838. The topological polar surface area (TPSA) is 47.5 Å². The molecular weight excluding hydrogens is 370 g/mol. The van der Waals surface area contributed by atoms with Crippen molar-refractivity contribution in [1.29, 1.82) is 0 Å². The summed E-state index contributed by atoms with van der Waals surface area (Å²) < 4.78 is 12.0. The molecule has 3 heterocycles. The molecule has 1 unspecified atom stereocenters. The number of morpholine rings is 1. The molecule has 0 amide bonds. The largest absolute Gasteiger partial charge is 0.474 e. The van der Waals surface area contributed by atoms with Gasteiger partial charge in [-0.2, -0.15) is 0 Å². The summed E-state index contributed by atoms with van der Waals surface area (Å²) in [6.07, 6.45) is 12.0. The monoisotopic (exact) mass is 399 g/mol. The fraction of sp³-hybridized carbons (Fsp3) is 0.636. The molecule has 0 spiro atoms. The first-order valence-corrected chi connectivity index (χ1v) is 11.5. The van der Waals surface area contributed by atoms with Gasteiger partial charge in [-0.3, -0.25) is 4.90 Å². The molecule has 5 nitrogen and oxygen atoms in total. The molecule has 150 valence electrons. The molecule has 1 saturated heterocycles. The van der Waals surface area contributed by atoms with Crippen LogP contribution < -0.4 is 4.74 Å². The Morgan fingerprint density at radius 2 is 2.00 bits per heavy atom. The molecule has 6 heteroatoms. The van der Waals surface area contributed by atoms with Crippen LogP contribution in [0.3, 0.4) is 0 Å². The molecule has 2 fully saturated rings.